The van der Waals surface area contributed by atoms with E-state index in [2.05, 4.69) is 5.32 Å². The standard InChI is InChI=1S/C27H28Cl2N2O3/c1-30-27(33)25(18-20-8-3-2-4-9-20)31(19-21-10-5-6-11-24(21)29)26(32)12-7-17-34-23-15-13-22(28)14-16-23/h2-6,8-11,13-16,25H,7,12,17-19H2,1H3,(H,30,33)/t25-/m0/s1. The normalized spacial score (nSPS) is 11.5. The molecule has 0 heterocycles. The summed E-state index contributed by atoms with van der Waals surface area (Å²) >= 11 is 12.3. The van der Waals surface area contributed by atoms with Gasteiger partial charge in [0.05, 0.1) is 6.61 Å². The summed E-state index contributed by atoms with van der Waals surface area (Å²) in [5.74, 6) is 0.336. The summed E-state index contributed by atoms with van der Waals surface area (Å²) in [5, 5.41) is 3.91. The zero-order chi connectivity index (χ0) is 24.3. The Labute approximate surface area is 210 Å². The summed E-state index contributed by atoms with van der Waals surface area (Å²) in [6, 6.07) is 23.4. The Balaban J connectivity index is 1.75. The first-order chi connectivity index (χ1) is 16.5. The van der Waals surface area contributed by atoms with Gasteiger partial charge in [-0.2, -0.15) is 0 Å². The van der Waals surface area contributed by atoms with E-state index in [1.54, 1.807) is 42.3 Å². The van der Waals surface area contributed by atoms with Gasteiger partial charge in [0.2, 0.25) is 11.8 Å². The van der Waals surface area contributed by atoms with Gasteiger partial charge in [0.1, 0.15) is 11.8 Å². The van der Waals surface area contributed by atoms with Crippen molar-refractivity contribution in [3.05, 3.63) is 100 Å². The van der Waals surface area contributed by atoms with Crippen LogP contribution in [0.15, 0.2) is 78.9 Å². The molecule has 34 heavy (non-hydrogen) atoms. The Morgan fingerprint density at radius 3 is 2.29 bits per heavy atom. The summed E-state index contributed by atoms with van der Waals surface area (Å²) in [6.45, 7) is 0.609. The number of nitrogens with zero attached hydrogens (tertiary/aromatic N) is 1. The van der Waals surface area contributed by atoms with Gasteiger partial charge in [-0.15, -0.1) is 0 Å². The number of ether oxygens (including phenoxy) is 1. The number of carbonyl (C=O) groups is 2. The van der Waals surface area contributed by atoms with Gasteiger partial charge in [0.25, 0.3) is 0 Å². The Hall–Kier alpha value is -3.02. The van der Waals surface area contributed by atoms with Crippen LogP contribution in [-0.2, 0) is 22.6 Å². The highest BCUT2D eigenvalue weighted by Gasteiger charge is 2.29. The third kappa shape index (κ3) is 7.51. The second-order valence-electron chi connectivity index (χ2n) is 7.84. The molecule has 7 heteroatoms. The fourth-order valence-corrected chi connectivity index (χ4v) is 3.94. The molecule has 0 aliphatic carbocycles. The first-order valence-corrected chi connectivity index (χ1v) is 11.9. The molecule has 3 aromatic rings. The van der Waals surface area contributed by atoms with Gasteiger partial charge < -0.3 is 15.0 Å². The monoisotopic (exact) mass is 498 g/mol. The number of benzene rings is 3. The quantitative estimate of drug-likeness (QED) is 0.353. The van der Waals surface area contributed by atoms with Crippen molar-refractivity contribution in [2.45, 2.75) is 31.8 Å². The van der Waals surface area contributed by atoms with Crippen LogP contribution in [0.2, 0.25) is 10.0 Å². The van der Waals surface area contributed by atoms with E-state index in [9.17, 15) is 9.59 Å². The van der Waals surface area contributed by atoms with Crippen molar-refractivity contribution < 1.29 is 14.3 Å². The smallest absolute Gasteiger partial charge is 0.242 e. The van der Waals surface area contributed by atoms with Gasteiger partial charge in [-0.1, -0.05) is 71.7 Å². The van der Waals surface area contributed by atoms with Crippen LogP contribution in [0.4, 0.5) is 0 Å². The lowest BCUT2D eigenvalue weighted by molar-refractivity contribution is -0.141. The minimum Gasteiger partial charge on any atom is -0.494 e. The van der Waals surface area contributed by atoms with Crippen LogP contribution in [0.1, 0.15) is 24.0 Å². The minimum absolute atomic E-state index is 0.135. The molecule has 0 unspecified atom stereocenters. The van der Waals surface area contributed by atoms with Crippen LogP contribution < -0.4 is 10.1 Å². The molecule has 0 saturated carbocycles. The summed E-state index contributed by atoms with van der Waals surface area (Å²) in [4.78, 5) is 27.9. The van der Waals surface area contributed by atoms with E-state index in [4.69, 9.17) is 27.9 Å². The fraction of sp³-hybridized carbons (Fsp3) is 0.259. The highest BCUT2D eigenvalue weighted by Crippen LogP contribution is 2.21. The lowest BCUT2D eigenvalue weighted by Gasteiger charge is -2.31. The fourth-order valence-electron chi connectivity index (χ4n) is 3.62. The second kappa shape index (κ2) is 13.0. The minimum atomic E-state index is -0.673. The van der Waals surface area contributed by atoms with Crippen LogP contribution in [0, 0.1) is 0 Å². The molecule has 3 rings (SSSR count). The molecule has 2 amide bonds. The van der Waals surface area contributed by atoms with Crippen LogP contribution in [0.3, 0.4) is 0 Å². The molecule has 0 radical (unpaired) electrons. The second-order valence-corrected chi connectivity index (χ2v) is 8.68. The first kappa shape index (κ1) is 25.6. The molecule has 0 spiro atoms. The van der Waals surface area contributed by atoms with Crippen LogP contribution in [0.25, 0.3) is 0 Å². The van der Waals surface area contributed by atoms with Gasteiger partial charge in [-0.25, -0.2) is 0 Å². The zero-order valence-corrected chi connectivity index (χ0v) is 20.6. The van der Waals surface area contributed by atoms with E-state index in [-0.39, 0.29) is 24.8 Å². The van der Waals surface area contributed by atoms with Crippen molar-refractivity contribution in [3.63, 3.8) is 0 Å². The Kier molecular flexibility index (Phi) is 9.80. The third-order valence-corrected chi connectivity index (χ3v) is 6.05. The topological polar surface area (TPSA) is 58.6 Å². The van der Waals surface area contributed by atoms with E-state index in [0.717, 1.165) is 11.1 Å². The highest BCUT2D eigenvalue weighted by atomic mass is 35.5. The molecule has 0 aliphatic heterocycles. The molecule has 0 aromatic heterocycles. The lowest BCUT2D eigenvalue weighted by Crippen LogP contribution is -2.49. The Morgan fingerprint density at radius 2 is 1.62 bits per heavy atom. The van der Waals surface area contributed by atoms with Gasteiger partial charge in [-0.05, 0) is 47.9 Å². The molecule has 0 saturated heterocycles. The van der Waals surface area contributed by atoms with E-state index >= 15 is 0 Å². The number of halogens is 2. The molecule has 0 aliphatic rings. The maximum Gasteiger partial charge on any atom is 0.242 e. The van der Waals surface area contributed by atoms with E-state index < -0.39 is 6.04 Å². The average Bonchev–Trinajstić information content (AvgIpc) is 2.86. The SMILES string of the molecule is CNC(=O)[C@H](Cc1ccccc1)N(Cc1ccccc1Cl)C(=O)CCCOc1ccc(Cl)cc1. The average molecular weight is 499 g/mol. The summed E-state index contributed by atoms with van der Waals surface area (Å²) in [5.41, 5.74) is 1.76. The molecular weight excluding hydrogens is 471 g/mol. The van der Waals surface area contributed by atoms with E-state index in [1.807, 2.05) is 48.5 Å². The molecule has 178 valence electrons. The number of carbonyl (C=O) groups excluding carboxylic acids is 2. The lowest BCUT2D eigenvalue weighted by atomic mass is 10.0. The Morgan fingerprint density at radius 1 is 0.941 bits per heavy atom. The molecule has 3 aromatic carbocycles. The summed E-state index contributed by atoms with van der Waals surface area (Å²) < 4.78 is 5.72. The summed E-state index contributed by atoms with van der Waals surface area (Å²) in [6.07, 6.45) is 1.14. The molecule has 1 N–H and O–H groups in total. The van der Waals surface area contributed by atoms with E-state index in [1.165, 1.54) is 0 Å². The molecule has 0 fully saturated rings. The van der Waals surface area contributed by atoms with Crippen LogP contribution in [-0.4, -0.2) is 36.4 Å². The summed E-state index contributed by atoms with van der Waals surface area (Å²) in [7, 11) is 1.58. The molecule has 5 nitrogen and oxygen atoms in total. The largest absolute Gasteiger partial charge is 0.494 e. The van der Waals surface area contributed by atoms with Crippen LogP contribution >= 0.6 is 23.2 Å². The maximum absolute atomic E-state index is 13.4. The highest BCUT2D eigenvalue weighted by molar-refractivity contribution is 6.31. The van der Waals surface area contributed by atoms with E-state index in [0.29, 0.717) is 35.2 Å². The molecule has 0 bridgehead atoms. The number of hydrogen-bond acceptors (Lipinski definition) is 3. The third-order valence-electron chi connectivity index (χ3n) is 5.43. The zero-order valence-electron chi connectivity index (χ0n) is 19.0. The number of likely N-dealkylation sites (N-methyl/N-ethyl adjacent to an activating group) is 1. The van der Waals surface area contributed by atoms with Gasteiger partial charge in [0, 0.05) is 36.5 Å². The van der Waals surface area contributed by atoms with Crippen molar-refractivity contribution in [1.29, 1.82) is 0 Å². The number of rotatable bonds is 11. The van der Waals surface area contributed by atoms with Gasteiger partial charge in [0.15, 0.2) is 0 Å². The van der Waals surface area contributed by atoms with Gasteiger partial charge >= 0.3 is 0 Å². The Bertz CT molecular complexity index is 1070. The van der Waals surface area contributed by atoms with Crippen molar-refractivity contribution in [2.24, 2.45) is 0 Å². The van der Waals surface area contributed by atoms with Crippen molar-refractivity contribution in [1.82, 2.24) is 10.2 Å². The maximum atomic E-state index is 13.4. The van der Waals surface area contributed by atoms with Crippen molar-refractivity contribution in [3.8, 4) is 5.75 Å². The number of amides is 2. The molecule has 1 atom stereocenters. The van der Waals surface area contributed by atoms with Crippen molar-refractivity contribution in [2.75, 3.05) is 13.7 Å². The predicted molar refractivity (Wildman–Crippen MR) is 136 cm³/mol. The van der Waals surface area contributed by atoms with Gasteiger partial charge in [-0.3, -0.25) is 9.59 Å². The predicted octanol–water partition coefficient (Wildman–Crippen LogP) is 5.54. The van der Waals surface area contributed by atoms with Crippen LogP contribution in [0.5, 0.6) is 5.75 Å². The molecular formula is C27H28Cl2N2O3. The number of nitrogens with one attached hydrogen (secondary N) is 1. The first-order valence-electron chi connectivity index (χ1n) is 11.1. The number of hydrogen-bond donors (Lipinski definition) is 1. The van der Waals surface area contributed by atoms with Crippen molar-refractivity contribution >= 4 is 35.0 Å².